The highest BCUT2D eigenvalue weighted by Crippen LogP contribution is 2.20. The fourth-order valence-electron chi connectivity index (χ4n) is 1.79. The molecule has 0 aliphatic heterocycles. The van der Waals surface area contributed by atoms with Crippen LogP contribution in [0, 0.1) is 12.7 Å². The molecule has 0 radical (unpaired) electrons. The molecule has 6 heteroatoms. The van der Waals surface area contributed by atoms with Crippen molar-refractivity contribution in [3.63, 3.8) is 0 Å². The van der Waals surface area contributed by atoms with Gasteiger partial charge in [0, 0.05) is 10.7 Å². The summed E-state index contributed by atoms with van der Waals surface area (Å²) in [5.74, 6) is 0.145. The quantitative estimate of drug-likeness (QED) is 0.873. The largest absolute Gasteiger partial charge is 0.465 e. The van der Waals surface area contributed by atoms with Crippen LogP contribution < -0.4 is 5.32 Å². The highest BCUT2D eigenvalue weighted by Gasteiger charge is 2.15. The molecule has 0 bridgehead atoms. The first kappa shape index (κ1) is 14.4. The number of anilines is 1. The van der Waals surface area contributed by atoms with Gasteiger partial charge in [-0.1, -0.05) is 11.6 Å². The van der Waals surface area contributed by atoms with Crippen molar-refractivity contribution in [3.05, 3.63) is 52.2 Å². The predicted octanol–water partition coefficient (Wildman–Crippen LogP) is 3.78. The Bertz CT molecular complexity index is 619. The van der Waals surface area contributed by atoms with E-state index in [-0.39, 0.29) is 0 Å². The van der Waals surface area contributed by atoms with E-state index in [1.165, 1.54) is 19.2 Å². The van der Waals surface area contributed by atoms with Crippen LogP contribution in [-0.4, -0.2) is 13.1 Å². The van der Waals surface area contributed by atoms with Crippen molar-refractivity contribution in [3.8, 4) is 0 Å². The molecule has 0 spiro atoms. The predicted molar refractivity (Wildman–Crippen MR) is 73.5 cm³/mol. The van der Waals surface area contributed by atoms with E-state index < -0.39 is 11.8 Å². The number of furan rings is 1. The molecule has 0 atom stereocenters. The molecule has 0 saturated heterocycles. The van der Waals surface area contributed by atoms with Crippen molar-refractivity contribution in [2.75, 3.05) is 12.4 Å². The number of halogens is 2. The second-order valence-electron chi connectivity index (χ2n) is 4.19. The molecule has 0 fully saturated rings. The zero-order chi connectivity index (χ0) is 14.7. The summed E-state index contributed by atoms with van der Waals surface area (Å²) < 4.78 is 23.2. The first-order valence-electron chi connectivity index (χ1n) is 5.87. The van der Waals surface area contributed by atoms with Crippen LogP contribution in [0.1, 0.15) is 21.9 Å². The minimum atomic E-state index is -0.452. The maximum absolute atomic E-state index is 13.2. The third-order valence-electron chi connectivity index (χ3n) is 2.70. The fraction of sp³-hybridized carbons (Fsp3) is 0.214. The molecular formula is C14H13ClFNO3. The van der Waals surface area contributed by atoms with E-state index in [2.05, 4.69) is 10.1 Å². The number of benzene rings is 1. The molecule has 0 aliphatic carbocycles. The molecule has 4 nitrogen and oxygen atoms in total. The first-order chi connectivity index (χ1) is 9.49. The van der Waals surface area contributed by atoms with Crippen LogP contribution in [0.15, 0.2) is 28.7 Å². The van der Waals surface area contributed by atoms with Gasteiger partial charge in [-0.2, -0.15) is 0 Å². The summed E-state index contributed by atoms with van der Waals surface area (Å²) in [5, 5.41) is 3.27. The minimum Gasteiger partial charge on any atom is -0.465 e. The summed E-state index contributed by atoms with van der Waals surface area (Å²) in [6.45, 7) is 1.98. The van der Waals surface area contributed by atoms with Gasteiger partial charge in [-0.3, -0.25) is 0 Å². The number of rotatable bonds is 4. The maximum Gasteiger partial charge on any atom is 0.341 e. The average Bonchev–Trinajstić information content (AvgIpc) is 2.76. The number of hydrogen-bond donors (Lipinski definition) is 1. The van der Waals surface area contributed by atoms with Gasteiger partial charge in [0.1, 0.15) is 22.9 Å². The second kappa shape index (κ2) is 5.96. The molecule has 0 unspecified atom stereocenters. The lowest BCUT2D eigenvalue weighted by atomic mass is 10.2. The topological polar surface area (TPSA) is 51.5 Å². The van der Waals surface area contributed by atoms with Gasteiger partial charge in [0.25, 0.3) is 0 Å². The second-order valence-corrected chi connectivity index (χ2v) is 4.62. The van der Waals surface area contributed by atoms with Gasteiger partial charge < -0.3 is 14.5 Å². The molecule has 106 valence electrons. The van der Waals surface area contributed by atoms with Gasteiger partial charge >= 0.3 is 5.97 Å². The summed E-state index contributed by atoms with van der Waals surface area (Å²) in [5.41, 5.74) is 0.908. The lowest BCUT2D eigenvalue weighted by Crippen LogP contribution is -2.01. The lowest BCUT2D eigenvalue weighted by molar-refractivity contribution is 0.0599. The number of carbonyl (C=O) groups excluding carboxylic acids is 1. The van der Waals surface area contributed by atoms with Gasteiger partial charge in [-0.05, 0) is 31.2 Å². The Labute approximate surface area is 120 Å². The Morgan fingerprint density at radius 3 is 2.80 bits per heavy atom. The van der Waals surface area contributed by atoms with Crippen molar-refractivity contribution < 1.29 is 18.3 Å². The Hall–Kier alpha value is -2.01. The van der Waals surface area contributed by atoms with E-state index in [0.717, 1.165) is 0 Å². The van der Waals surface area contributed by atoms with Crippen molar-refractivity contribution in [1.29, 1.82) is 0 Å². The normalized spacial score (nSPS) is 10.4. The van der Waals surface area contributed by atoms with Crippen LogP contribution in [0.25, 0.3) is 0 Å². The van der Waals surface area contributed by atoms with Crippen LogP contribution >= 0.6 is 11.6 Å². The number of nitrogens with one attached hydrogen (secondary N) is 1. The maximum atomic E-state index is 13.2. The minimum absolute atomic E-state index is 0.303. The van der Waals surface area contributed by atoms with Crippen LogP contribution in [0.2, 0.25) is 5.02 Å². The highest BCUT2D eigenvalue weighted by atomic mass is 35.5. The number of ether oxygens (including phenoxy) is 1. The van der Waals surface area contributed by atoms with Crippen molar-refractivity contribution >= 4 is 23.3 Å². The van der Waals surface area contributed by atoms with Crippen molar-refractivity contribution in [2.24, 2.45) is 0 Å². The summed E-state index contributed by atoms with van der Waals surface area (Å²) >= 11 is 5.76. The lowest BCUT2D eigenvalue weighted by Gasteiger charge is -2.05. The fourth-order valence-corrected chi connectivity index (χ4v) is 2.01. The van der Waals surface area contributed by atoms with Crippen LogP contribution in [0.3, 0.4) is 0 Å². The molecule has 2 rings (SSSR count). The third-order valence-corrected chi connectivity index (χ3v) is 2.92. The van der Waals surface area contributed by atoms with Gasteiger partial charge in [-0.25, -0.2) is 9.18 Å². The van der Waals surface area contributed by atoms with E-state index in [1.807, 2.05) is 0 Å². The summed E-state index contributed by atoms with van der Waals surface area (Å²) in [4.78, 5) is 11.4. The highest BCUT2D eigenvalue weighted by molar-refractivity contribution is 6.30. The number of hydrogen-bond acceptors (Lipinski definition) is 4. The molecule has 0 saturated carbocycles. The Morgan fingerprint density at radius 2 is 2.15 bits per heavy atom. The summed E-state index contributed by atoms with van der Waals surface area (Å²) in [6, 6.07) is 5.73. The van der Waals surface area contributed by atoms with Gasteiger partial charge in [-0.15, -0.1) is 0 Å². The average molecular weight is 298 g/mol. The zero-order valence-corrected chi connectivity index (χ0v) is 11.8. The Balaban J connectivity index is 2.09. The third kappa shape index (κ3) is 3.30. The van der Waals surface area contributed by atoms with E-state index in [1.54, 1.807) is 19.1 Å². The molecule has 0 amide bonds. The molecule has 2 aromatic rings. The first-order valence-corrected chi connectivity index (χ1v) is 6.25. The van der Waals surface area contributed by atoms with Gasteiger partial charge in [0.2, 0.25) is 0 Å². The molecular weight excluding hydrogens is 285 g/mol. The van der Waals surface area contributed by atoms with Gasteiger partial charge in [0.05, 0.1) is 13.7 Å². The number of methoxy groups -OCH3 is 1. The summed E-state index contributed by atoms with van der Waals surface area (Å²) in [6.07, 6.45) is 0. The molecule has 20 heavy (non-hydrogen) atoms. The van der Waals surface area contributed by atoms with E-state index >= 15 is 0 Å². The Morgan fingerprint density at radius 1 is 1.40 bits per heavy atom. The standard InChI is InChI=1S/C14H13ClFNO3/c1-8-13(14(18)19-2)6-12(20-8)7-17-11-4-9(15)3-10(16)5-11/h3-6,17H,7H2,1-2H3. The van der Waals surface area contributed by atoms with Crippen molar-refractivity contribution in [1.82, 2.24) is 0 Å². The molecule has 1 aromatic heterocycles. The monoisotopic (exact) mass is 297 g/mol. The SMILES string of the molecule is COC(=O)c1cc(CNc2cc(F)cc(Cl)c2)oc1C. The van der Waals surface area contributed by atoms with E-state index in [9.17, 15) is 9.18 Å². The molecule has 1 heterocycles. The molecule has 1 N–H and O–H groups in total. The zero-order valence-electron chi connectivity index (χ0n) is 11.0. The summed E-state index contributed by atoms with van der Waals surface area (Å²) in [7, 11) is 1.31. The molecule has 1 aromatic carbocycles. The smallest absolute Gasteiger partial charge is 0.341 e. The van der Waals surface area contributed by atoms with Crippen LogP contribution in [0.4, 0.5) is 10.1 Å². The number of esters is 1. The van der Waals surface area contributed by atoms with Gasteiger partial charge in [0.15, 0.2) is 0 Å². The van der Waals surface area contributed by atoms with Crippen LogP contribution in [0.5, 0.6) is 0 Å². The number of aryl methyl sites for hydroxylation is 1. The number of carbonyl (C=O) groups is 1. The van der Waals surface area contributed by atoms with Crippen molar-refractivity contribution in [2.45, 2.75) is 13.5 Å². The van der Waals surface area contributed by atoms with E-state index in [0.29, 0.717) is 34.3 Å². The van der Waals surface area contributed by atoms with Crippen LogP contribution in [-0.2, 0) is 11.3 Å². The molecule has 0 aliphatic rings. The van der Waals surface area contributed by atoms with E-state index in [4.69, 9.17) is 16.0 Å². The Kier molecular flexibility index (Phi) is 4.29.